The van der Waals surface area contributed by atoms with E-state index in [1.807, 2.05) is 0 Å². The van der Waals surface area contributed by atoms with Gasteiger partial charge in [0.05, 0.1) is 0 Å². The average molecular weight is 302 g/mol. The predicted octanol–water partition coefficient (Wildman–Crippen LogP) is 3.86. The summed E-state index contributed by atoms with van der Waals surface area (Å²) in [6.45, 7) is 0.232. The van der Waals surface area contributed by atoms with Crippen LogP contribution in [0.2, 0.25) is 0 Å². The third-order valence-electron chi connectivity index (χ3n) is 3.81. The number of alkyl halides is 3. The SMILES string of the molecule is Nc1ncc(C2CCCCC2)c(NCCCC(F)(F)F)n1. The number of aromatic nitrogens is 2. The predicted molar refractivity (Wildman–Crippen MR) is 76.0 cm³/mol. The molecule has 0 radical (unpaired) electrons. The topological polar surface area (TPSA) is 63.8 Å². The first-order valence-corrected chi connectivity index (χ1v) is 7.39. The summed E-state index contributed by atoms with van der Waals surface area (Å²) in [4.78, 5) is 8.19. The monoisotopic (exact) mass is 302 g/mol. The molecule has 2 rings (SSSR count). The Morgan fingerprint density at radius 3 is 2.62 bits per heavy atom. The van der Waals surface area contributed by atoms with Crippen molar-refractivity contribution in [3.8, 4) is 0 Å². The van der Waals surface area contributed by atoms with Crippen LogP contribution in [0.1, 0.15) is 56.4 Å². The van der Waals surface area contributed by atoms with Gasteiger partial charge in [-0.05, 0) is 25.2 Å². The molecule has 0 atom stereocenters. The van der Waals surface area contributed by atoms with Gasteiger partial charge in [-0.3, -0.25) is 0 Å². The lowest BCUT2D eigenvalue weighted by molar-refractivity contribution is -0.134. The summed E-state index contributed by atoms with van der Waals surface area (Å²) >= 11 is 0. The smallest absolute Gasteiger partial charge is 0.370 e. The number of hydrogen-bond donors (Lipinski definition) is 2. The molecule has 1 aromatic heterocycles. The van der Waals surface area contributed by atoms with Crippen LogP contribution in [0, 0.1) is 0 Å². The number of nitrogens with zero attached hydrogens (tertiary/aromatic N) is 2. The number of anilines is 2. The molecule has 21 heavy (non-hydrogen) atoms. The summed E-state index contributed by atoms with van der Waals surface area (Å²) in [5, 5.41) is 2.99. The van der Waals surface area contributed by atoms with Crippen LogP contribution in [-0.4, -0.2) is 22.7 Å². The van der Waals surface area contributed by atoms with Crippen LogP contribution in [0.3, 0.4) is 0 Å². The van der Waals surface area contributed by atoms with Gasteiger partial charge in [0, 0.05) is 24.7 Å². The quantitative estimate of drug-likeness (QED) is 0.811. The molecule has 0 amide bonds. The fourth-order valence-corrected chi connectivity index (χ4v) is 2.75. The van der Waals surface area contributed by atoms with Crippen LogP contribution in [-0.2, 0) is 0 Å². The molecule has 0 aromatic carbocycles. The van der Waals surface area contributed by atoms with Crippen LogP contribution in [0.15, 0.2) is 6.20 Å². The fourth-order valence-electron chi connectivity index (χ4n) is 2.75. The van der Waals surface area contributed by atoms with E-state index in [1.165, 1.54) is 19.3 Å². The number of hydrogen-bond acceptors (Lipinski definition) is 4. The summed E-state index contributed by atoms with van der Waals surface area (Å²) in [6, 6.07) is 0. The van der Waals surface area contributed by atoms with Crippen molar-refractivity contribution < 1.29 is 13.2 Å². The normalized spacial score (nSPS) is 16.9. The van der Waals surface area contributed by atoms with Gasteiger partial charge >= 0.3 is 6.18 Å². The molecule has 0 saturated heterocycles. The van der Waals surface area contributed by atoms with Gasteiger partial charge in [0.2, 0.25) is 5.95 Å². The third-order valence-corrected chi connectivity index (χ3v) is 3.81. The van der Waals surface area contributed by atoms with Gasteiger partial charge in [-0.25, -0.2) is 4.98 Å². The zero-order chi connectivity index (χ0) is 15.3. The molecule has 7 heteroatoms. The maximum Gasteiger partial charge on any atom is 0.389 e. The van der Waals surface area contributed by atoms with Crippen LogP contribution in [0.4, 0.5) is 24.9 Å². The molecule has 3 N–H and O–H groups in total. The maximum absolute atomic E-state index is 12.1. The molecular formula is C14H21F3N4. The molecule has 1 fully saturated rings. The van der Waals surface area contributed by atoms with Crippen LogP contribution >= 0.6 is 0 Å². The third kappa shape index (κ3) is 5.06. The lowest BCUT2D eigenvalue weighted by Crippen LogP contribution is -2.15. The Balaban J connectivity index is 1.98. The van der Waals surface area contributed by atoms with Crippen molar-refractivity contribution in [2.75, 3.05) is 17.6 Å². The van der Waals surface area contributed by atoms with Crippen molar-refractivity contribution in [2.45, 2.75) is 57.0 Å². The van der Waals surface area contributed by atoms with E-state index in [1.54, 1.807) is 6.20 Å². The van der Waals surface area contributed by atoms with E-state index >= 15 is 0 Å². The Labute approximate surface area is 122 Å². The van der Waals surface area contributed by atoms with Gasteiger partial charge in [0.15, 0.2) is 0 Å². The van der Waals surface area contributed by atoms with E-state index in [-0.39, 0.29) is 18.9 Å². The van der Waals surface area contributed by atoms with E-state index in [2.05, 4.69) is 15.3 Å². The Morgan fingerprint density at radius 2 is 1.95 bits per heavy atom. The first-order valence-electron chi connectivity index (χ1n) is 7.39. The van der Waals surface area contributed by atoms with E-state index in [0.717, 1.165) is 18.4 Å². The van der Waals surface area contributed by atoms with Crippen LogP contribution in [0.25, 0.3) is 0 Å². The first kappa shape index (κ1) is 15.9. The second-order valence-corrected chi connectivity index (χ2v) is 5.51. The molecule has 1 saturated carbocycles. The Hall–Kier alpha value is -1.53. The summed E-state index contributed by atoms with van der Waals surface area (Å²) in [5.74, 6) is 1.12. The number of rotatable bonds is 5. The van der Waals surface area contributed by atoms with Crippen molar-refractivity contribution in [3.63, 3.8) is 0 Å². The Kier molecular flexibility index (Phi) is 5.25. The van der Waals surface area contributed by atoms with E-state index in [9.17, 15) is 13.2 Å². The molecule has 1 aliphatic carbocycles. The molecule has 118 valence electrons. The molecule has 0 spiro atoms. The Bertz CT molecular complexity index is 456. The van der Waals surface area contributed by atoms with Gasteiger partial charge in [-0.1, -0.05) is 19.3 Å². The molecule has 0 bridgehead atoms. The molecule has 1 aliphatic rings. The average Bonchev–Trinajstić information content (AvgIpc) is 2.44. The van der Waals surface area contributed by atoms with Crippen molar-refractivity contribution in [1.82, 2.24) is 9.97 Å². The number of nitrogens with two attached hydrogens (primary N) is 1. The second kappa shape index (κ2) is 6.95. The van der Waals surface area contributed by atoms with Gasteiger partial charge < -0.3 is 11.1 Å². The molecule has 0 aliphatic heterocycles. The molecular weight excluding hydrogens is 281 g/mol. The highest BCUT2D eigenvalue weighted by Crippen LogP contribution is 2.35. The van der Waals surface area contributed by atoms with E-state index in [0.29, 0.717) is 11.7 Å². The van der Waals surface area contributed by atoms with Gasteiger partial charge in [0.1, 0.15) is 5.82 Å². The minimum absolute atomic E-state index is 0.0253. The zero-order valence-corrected chi connectivity index (χ0v) is 11.9. The highest BCUT2D eigenvalue weighted by Gasteiger charge is 2.26. The second-order valence-electron chi connectivity index (χ2n) is 5.51. The van der Waals surface area contributed by atoms with E-state index < -0.39 is 12.6 Å². The number of halogens is 3. The lowest BCUT2D eigenvalue weighted by atomic mass is 9.85. The van der Waals surface area contributed by atoms with Gasteiger partial charge in [-0.15, -0.1) is 0 Å². The fraction of sp³-hybridized carbons (Fsp3) is 0.714. The summed E-state index contributed by atoms with van der Waals surface area (Å²) < 4.78 is 36.4. The van der Waals surface area contributed by atoms with E-state index in [4.69, 9.17) is 5.73 Å². The van der Waals surface area contributed by atoms with Gasteiger partial charge in [-0.2, -0.15) is 18.2 Å². The summed E-state index contributed by atoms with van der Waals surface area (Å²) in [5.41, 5.74) is 6.57. The molecule has 0 unspecified atom stereocenters. The highest BCUT2D eigenvalue weighted by molar-refractivity contribution is 5.48. The first-order chi connectivity index (χ1) is 9.96. The van der Waals surface area contributed by atoms with Crippen molar-refractivity contribution >= 4 is 11.8 Å². The maximum atomic E-state index is 12.1. The summed E-state index contributed by atoms with van der Waals surface area (Å²) in [6.07, 6.45) is 2.56. The zero-order valence-electron chi connectivity index (χ0n) is 11.9. The molecule has 4 nitrogen and oxygen atoms in total. The number of nitrogens with one attached hydrogen (secondary N) is 1. The number of nitrogen functional groups attached to an aromatic ring is 1. The standard InChI is InChI=1S/C14H21F3N4/c15-14(16,17)7-4-8-19-12-11(9-20-13(18)21-12)10-5-2-1-3-6-10/h9-10H,1-8H2,(H3,18,19,20,21). The van der Waals surface area contributed by atoms with Gasteiger partial charge in [0.25, 0.3) is 0 Å². The van der Waals surface area contributed by atoms with Crippen molar-refractivity contribution in [3.05, 3.63) is 11.8 Å². The minimum atomic E-state index is -4.11. The lowest BCUT2D eigenvalue weighted by Gasteiger charge is -2.23. The van der Waals surface area contributed by atoms with Crippen molar-refractivity contribution in [1.29, 1.82) is 0 Å². The largest absolute Gasteiger partial charge is 0.389 e. The van der Waals surface area contributed by atoms with Crippen LogP contribution in [0.5, 0.6) is 0 Å². The van der Waals surface area contributed by atoms with Crippen molar-refractivity contribution in [2.24, 2.45) is 0 Å². The molecule has 1 heterocycles. The summed E-state index contributed by atoms with van der Waals surface area (Å²) in [7, 11) is 0. The highest BCUT2D eigenvalue weighted by atomic mass is 19.4. The van der Waals surface area contributed by atoms with Crippen LogP contribution < -0.4 is 11.1 Å². The minimum Gasteiger partial charge on any atom is -0.370 e. The molecule has 1 aromatic rings. The Morgan fingerprint density at radius 1 is 1.24 bits per heavy atom.